The number of anilines is 2. The average molecular weight is 408 g/mol. The standard InChI is InChI=1S/C23H24N2O5/c1-2-29-20-12-5-17(6-13-20)7-14-23(28)30-16-21(26)24-18-8-10-19(11-9-18)25-15-3-4-22(25)27/h5-14H,2-4,15-16H2,1H3,(H,24,26)/b14-7+. The fourth-order valence-corrected chi connectivity index (χ4v) is 3.03. The van der Waals surface area contributed by atoms with Gasteiger partial charge in [0.25, 0.3) is 5.91 Å². The normalized spacial score (nSPS) is 13.5. The van der Waals surface area contributed by atoms with Crippen LogP contribution in [0.15, 0.2) is 54.6 Å². The molecule has 1 aliphatic rings. The predicted molar refractivity (Wildman–Crippen MR) is 114 cm³/mol. The molecule has 1 heterocycles. The predicted octanol–water partition coefficient (Wildman–Crippen LogP) is 3.41. The Morgan fingerprint density at radius 2 is 1.83 bits per heavy atom. The fraction of sp³-hybridized carbons (Fsp3) is 0.261. The van der Waals surface area contributed by atoms with Crippen LogP contribution in [0.1, 0.15) is 25.3 Å². The quantitative estimate of drug-likeness (QED) is 0.535. The van der Waals surface area contributed by atoms with Crippen LogP contribution in [0.3, 0.4) is 0 Å². The van der Waals surface area contributed by atoms with Crippen LogP contribution in [0.5, 0.6) is 5.75 Å². The Bertz CT molecular complexity index is 920. The third-order valence-electron chi connectivity index (χ3n) is 4.48. The van der Waals surface area contributed by atoms with Crippen molar-refractivity contribution in [2.24, 2.45) is 0 Å². The number of esters is 1. The molecule has 2 aromatic rings. The van der Waals surface area contributed by atoms with Crippen molar-refractivity contribution in [3.8, 4) is 5.75 Å². The van der Waals surface area contributed by atoms with E-state index in [1.54, 1.807) is 35.2 Å². The van der Waals surface area contributed by atoms with Gasteiger partial charge >= 0.3 is 5.97 Å². The molecular weight excluding hydrogens is 384 g/mol. The van der Waals surface area contributed by atoms with Gasteiger partial charge in [0, 0.05) is 30.4 Å². The minimum atomic E-state index is -0.609. The third-order valence-corrected chi connectivity index (χ3v) is 4.48. The maximum absolute atomic E-state index is 12.0. The maximum atomic E-state index is 12.0. The van der Waals surface area contributed by atoms with E-state index in [0.29, 0.717) is 25.3 Å². The number of nitrogens with one attached hydrogen (secondary N) is 1. The molecule has 0 aromatic heterocycles. The lowest BCUT2D eigenvalue weighted by Gasteiger charge is -2.16. The van der Waals surface area contributed by atoms with E-state index in [9.17, 15) is 14.4 Å². The zero-order chi connectivity index (χ0) is 21.3. The number of carbonyl (C=O) groups is 3. The van der Waals surface area contributed by atoms with Crippen molar-refractivity contribution in [1.82, 2.24) is 0 Å². The van der Waals surface area contributed by atoms with Gasteiger partial charge in [0.1, 0.15) is 5.75 Å². The number of hydrogen-bond acceptors (Lipinski definition) is 5. The van der Waals surface area contributed by atoms with Crippen LogP contribution in [-0.2, 0) is 19.1 Å². The van der Waals surface area contributed by atoms with E-state index in [0.717, 1.165) is 23.4 Å². The van der Waals surface area contributed by atoms with Crippen molar-refractivity contribution in [2.45, 2.75) is 19.8 Å². The van der Waals surface area contributed by atoms with Gasteiger partial charge in [0.2, 0.25) is 5.91 Å². The molecule has 7 nitrogen and oxygen atoms in total. The lowest BCUT2D eigenvalue weighted by molar-refractivity contribution is -0.142. The number of nitrogens with zero attached hydrogens (tertiary/aromatic N) is 1. The number of benzene rings is 2. The summed E-state index contributed by atoms with van der Waals surface area (Å²) in [5.74, 6) is -0.185. The molecule has 1 saturated heterocycles. The van der Waals surface area contributed by atoms with Gasteiger partial charge < -0.3 is 19.7 Å². The first-order chi connectivity index (χ1) is 14.5. The van der Waals surface area contributed by atoms with E-state index in [1.165, 1.54) is 6.08 Å². The molecule has 0 bridgehead atoms. The molecule has 1 aliphatic heterocycles. The monoisotopic (exact) mass is 408 g/mol. The molecule has 0 unspecified atom stereocenters. The Morgan fingerprint density at radius 1 is 1.10 bits per heavy atom. The Hall–Kier alpha value is -3.61. The van der Waals surface area contributed by atoms with Gasteiger partial charge in [-0.1, -0.05) is 12.1 Å². The second-order valence-corrected chi connectivity index (χ2v) is 6.69. The zero-order valence-corrected chi connectivity index (χ0v) is 16.8. The lowest BCUT2D eigenvalue weighted by atomic mass is 10.2. The first-order valence-electron chi connectivity index (χ1n) is 9.83. The molecule has 1 N–H and O–H groups in total. The van der Waals surface area contributed by atoms with Crippen LogP contribution in [0.2, 0.25) is 0 Å². The smallest absolute Gasteiger partial charge is 0.331 e. The molecule has 1 fully saturated rings. The topological polar surface area (TPSA) is 84.9 Å². The summed E-state index contributed by atoms with van der Waals surface area (Å²) in [5.41, 5.74) is 2.19. The molecule has 2 aromatic carbocycles. The van der Waals surface area contributed by atoms with Gasteiger partial charge in [0.05, 0.1) is 6.61 Å². The second-order valence-electron chi connectivity index (χ2n) is 6.69. The molecule has 30 heavy (non-hydrogen) atoms. The Labute approximate surface area is 175 Å². The van der Waals surface area contributed by atoms with Crippen molar-refractivity contribution in [3.63, 3.8) is 0 Å². The van der Waals surface area contributed by atoms with Gasteiger partial charge in [-0.05, 0) is 61.4 Å². The average Bonchev–Trinajstić information content (AvgIpc) is 3.18. The SMILES string of the molecule is CCOc1ccc(/C=C/C(=O)OCC(=O)Nc2ccc(N3CCCC3=O)cc2)cc1. The number of ether oxygens (including phenoxy) is 2. The summed E-state index contributed by atoms with van der Waals surface area (Å²) in [5, 5.41) is 2.66. The number of amides is 2. The third kappa shape index (κ3) is 5.94. The van der Waals surface area contributed by atoms with E-state index in [1.807, 2.05) is 31.2 Å². The van der Waals surface area contributed by atoms with Crippen molar-refractivity contribution in [1.29, 1.82) is 0 Å². The van der Waals surface area contributed by atoms with E-state index >= 15 is 0 Å². The minimum Gasteiger partial charge on any atom is -0.494 e. The maximum Gasteiger partial charge on any atom is 0.331 e. The lowest BCUT2D eigenvalue weighted by Crippen LogP contribution is -2.23. The summed E-state index contributed by atoms with van der Waals surface area (Å²) in [6.07, 6.45) is 4.30. The summed E-state index contributed by atoms with van der Waals surface area (Å²) in [7, 11) is 0. The van der Waals surface area contributed by atoms with Gasteiger partial charge in [-0.2, -0.15) is 0 Å². The molecule has 0 aliphatic carbocycles. The van der Waals surface area contributed by atoms with E-state index in [-0.39, 0.29) is 5.91 Å². The molecule has 0 atom stereocenters. The largest absolute Gasteiger partial charge is 0.494 e. The minimum absolute atomic E-state index is 0.108. The van der Waals surface area contributed by atoms with Crippen LogP contribution >= 0.6 is 0 Å². The van der Waals surface area contributed by atoms with E-state index in [2.05, 4.69) is 5.32 Å². The number of hydrogen-bond donors (Lipinski definition) is 1. The summed E-state index contributed by atoms with van der Waals surface area (Å²) < 4.78 is 10.3. The van der Waals surface area contributed by atoms with E-state index in [4.69, 9.17) is 9.47 Å². The molecule has 2 amide bonds. The van der Waals surface area contributed by atoms with E-state index < -0.39 is 18.5 Å². The van der Waals surface area contributed by atoms with Crippen LogP contribution < -0.4 is 15.0 Å². The number of carbonyl (C=O) groups excluding carboxylic acids is 3. The van der Waals surface area contributed by atoms with Gasteiger partial charge in [-0.25, -0.2) is 4.79 Å². The first-order valence-corrected chi connectivity index (χ1v) is 9.83. The highest BCUT2D eigenvalue weighted by Crippen LogP contribution is 2.23. The molecule has 3 rings (SSSR count). The molecule has 0 radical (unpaired) electrons. The Kier molecular flexibility index (Phi) is 7.21. The summed E-state index contributed by atoms with van der Waals surface area (Å²) in [6, 6.07) is 14.3. The van der Waals surface area contributed by atoms with Gasteiger partial charge in [0.15, 0.2) is 6.61 Å². The van der Waals surface area contributed by atoms with Crippen LogP contribution in [0, 0.1) is 0 Å². The van der Waals surface area contributed by atoms with Crippen molar-refractivity contribution in [3.05, 3.63) is 60.2 Å². The van der Waals surface area contributed by atoms with Crippen LogP contribution in [0.25, 0.3) is 6.08 Å². The highest BCUT2D eigenvalue weighted by Gasteiger charge is 2.21. The molecule has 7 heteroatoms. The highest BCUT2D eigenvalue weighted by molar-refractivity contribution is 5.97. The van der Waals surface area contributed by atoms with Crippen molar-refractivity contribution in [2.75, 3.05) is 30.0 Å². The molecule has 156 valence electrons. The molecular formula is C23H24N2O5. The zero-order valence-electron chi connectivity index (χ0n) is 16.8. The molecule has 0 saturated carbocycles. The van der Waals surface area contributed by atoms with Gasteiger partial charge in [-0.15, -0.1) is 0 Å². The number of rotatable bonds is 8. The summed E-state index contributed by atoms with van der Waals surface area (Å²) >= 11 is 0. The summed E-state index contributed by atoms with van der Waals surface area (Å²) in [6.45, 7) is 2.82. The van der Waals surface area contributed by atoms with Crippen molar-refractivity contribution >= 4 is 35.2 Å². The van der Waals surface area contributed by atoms with Gasteiger partial charge in [-0.3, -0.25) is 9.59 Å². The second kappa shape index (κ2) is 10.2. The van der Waals surface area contributed by atoms with Crippen LogP contribution in [0.4, 0.5) is 11.4 Å². The Morgan fingerprint density at radius 3 is 2.47 bits per heavy atom. The summed E-state index contributed by atoms with van der Waals surface area (Å²) in [4.78, 5) is 37.3. The molecule has 0 spiro atoms. The first kappa shape index (κ1) is 21.1. The Balaban J connectivity index is 1.43. The van der Waals surface area contributed by atoms with Crippen molar-refractivity contribution < 1.29 is 23.9 Å². The fourth-order valence-electron chi connectivity index (χ4n) is 3.03. The van der Waals surface area contributed by atoms with Crippen LogP contribution in [-0.4, -0.2) is 37.5 Å². The highest BCUT2D eigenvalue weighted by atomic mass is 16.5.